The molecule has 2 heterocycles. The van der Waals surface area contributed by atoms with E-state index in [1.807, 2.05) is 6.07 Å². The van der Waals surface area contributed by atoms with Crippen molar-refractivity contribution in [1.29, 1.82) is 0 Å². The van der Waals surface area contributed by atoms with E-state index in [2.05, 4.69) is 6.08 Å². The fourth-order valence-corrected chi connectivity index (χ4v) is 6.65. The number of fused-ring (bicyclic) bond motifs is 2. The zero-order valence-corrected chi connectivity index (χ0v) is 17.6. The number of hydrogen-bond donors (Lipinski definition) is 3. The van der Waals surface area contributed by atoms with Crippen molar-refractivity contribution in [2.24, 2.45) is 23.0 Å². The van der Waals surface area contributed by atoms with Crippen molar-refractivity contribution >= 4 is 23.0 Å². The predicted molar refractivity (Wildman–Crippen MR) is 113 cm³/mol. The average molecular weight is 447 g/mol. The number of nitrogens with two attached hydrogens (primary N) is 1. The van der Waals surface area contributed by atoms with Crippen LogP contribution in [0, 0.1) is 17.3 Å². The molecule has 4 N–H and O–H groups in total. The van der Waals surface area contributed by atoms with Gasteiger partial charge in [0.05, 0.1) is 18.8 Å². The summed E-state index contributed by atoms with van der Waals surface area (Å²) in [7, 11) is 0. The fraction of sp³-hybridized carbons (Fsp3) is 0.400. The second-order valence-electron chi connectivity index (χ2n) is 10.1. The molecule has 8 heteroatoms. The van der Waals surface area contributed by atoms with Gasteiger partial charge in [0.15, 0.2) is 23.1 Å². The average Bonchev–Trinajstić information content (AvgIpc) is 3.43. The Morgan fingerprint density at radius 1 is 1.15 bits per heavy atom. The Balaban J connectivity index is 1.36. The van der Waals surface area contributed by atoms with Gasteiger partial charge in [-0.05, 0) is 47.9 Å². The molecule has 1 aromatic carbocycles. The Labute approximate surface area is 188 Å². The Kier molecular flexibility index (Phi) is 3.33. The van der Waals surface area contributed by atoms with Crippen molar-refractivity contribution in [1.82, 2.24) is 0 Å². The molecule has 7 rings (SSSR count). The van der Waals surface area contributed by atoms with Gasteiger partial charge in [-0.1, -0.05) is 12.1 Å². The first-order chi connectivity index (χ1) is 15.8. The third kappa shape index (κ3) is 2.17. The van der Waals surface area contributed by atoms with Gasteiger partial charge in [-0.15, -0.1) is 0 Å². The number of aliphatic hydroxyl groups excluding tert-OH is 1. The lowest BCUT2D eigenvalue weighted by molar-refractivity contribution is -0.123. The molecule has 1 unspecified atom stereocenters. The molecule has 1 amide bonds. The SMILES string of the molecule is NC(=O)C1=C(O)[C@@]23OC2=C2C(=O)c4c(O)ccc(C5=CC6(COC6)C5)c4CC2C[C@H]3CC1=O. The minimum absolute atomic E-state index is 0.0250. The number of epoxide rings is 1. The zero-order valence-electron chi connectivity index (χ0n) is 17.6. The van der Waals surface area contributed by atoms with Crippen LogP contribution >= 0.6 is 0 Å². The molecule has 2 spiro atoms. The molecule has 2 aliphatic heterocycles. The molecule has 8 nitrogen and oxygen atoms in total. The first-order valence-electron chi connectivity index (χ1n) is 11.2. The minimum atomic E-state index is -1.32. The summed E-state index contributed by atoms with van der Waals surface area (Å²) in [5.41, 5.74) is 7.32. The van der Waals surface area contributed by atoms with Gasteiger partial charge < -0.3 is 25.4 Å². The van der Waals surface area contributed by atoms with Crippen molar-refractivity contribution < 1.29 is 34.1 Å². The lowest BCUT2D eigenvalue weighted by Gasteiger charge is -2.47. The van der Waals surface area contributed by atoms with Gasteiger partial charge in [-0.25, -0.2) is 0 Å². The van der Waals surface area contributed by atoms with Crippen LogP contribution in [0.1, 0.15) is 40.7 Å². The zero-order chi connectivity index (χ0) is 22.9. The van der Waals surface area contributed by atoms with Gasteiger partial charge in [0.1, 0.15) is 11.3 Å². The van der Waals surface area contributed by atoms with E-state index in [0.29, 0.717) is 37.4 Å². The molecular weight excluding hydrogens is 426 g/mol. The first kappa shape index (κ1) is 19.1. The Morgan fingerprint density at radius 3 is 2.58 bits per heavy atom. The molecule has 168 valence electrons. The number of aliphatic hydroxyl groups is 1. The number of Topliss-reactive ketones (excluding diaryl/α,β-unsaturated/α-hetero) is 2. The van der Waals surface area contributed by atoms with E-state index in [-0.39, 0.29) is 40.8 Å². The van der Waals surface area contributed by atoms with E-state index >= 15 is 0 Å². The Bertz CT molecular complexity index is 1330. The van der Waals surface area contributed by atoms with Crippen LogP contribution in [-0.4, -0.2) is 46.5 Å². The number of ether oxygens (including phenoxy) is 2. The van der Waals surface area contributed by atoms with E-state index in [4.69, 9.17) is 15.2 Å². The Hall–Kier alpha value is -3.39. The molecule has 0 aromatic heterocycles. The summed E-state index contributed by atoms with van der Waals surface area (Å²) in [6, 6.07) is 3.42. The lowest BCUT2D eigenvalue weighted by atomic mass is 9.62. The smallest absolute Gasteiger partial charge is 0.255 e. The van der Waals surface area contributed by atoms with Crippen LogP contribution in [0.3, 0.4) is 0 Å². The molecule has 1 aromatic rings. The number of allylic oxidation sites excluding steroid dienone is 2. The number of hydrogen-bond acceptors (Lipinski definition) is 7. The standard InChI is InChI=1S/C25H21NO7/c26-23(31)19-16(28)5-12-3-10-4-14-13(11-6-24(7-11)8-32-9-24)1-2-15(27)18(14)20(29)17(10)22-25(12,33-22)21(19)30/h1-2,6,10,12,27,30H,3-5,7-9H2,(H2,26,31)/t10?,12-,25+/m0/s1. The maximum absolute atomic E-state index is 13.6. The van der Waals surface area contributed by atoms with E-state index in [0.717, 1.165) is 23.1 Å². The number of phenols is 1. The van der Waals surface area contributed by atoms with E-state index in [1.165, 1.54) is 0 Å². The summed E-state index contributed by atoms with van der Waals surface area (Å²) in [6.45, 7) is 1.43. The quantitative estimate of drug-likeness (QED) is 0.464. The van der Waals surface area contributed by atoms with Gasteiger partial charge in [-0.2, -0.15) is 0 Å². The van der Waals surface area contributed by atoms with Crippen molar-refractivity contribution in [3.05, 3.63) is 57.6 Å². The number of benzene rings is 1. The summed E-state index contributed by atoms with van der Waals surface area (Å²) in [6.07, 6.45) is 4.11. The number of aromatic hydroxyl groups is 1. The highest BCUT2D eigenvalue weighted by Crippen LogP contribution is 2.64. The van der Waals surface area contributed by atoms with Crippen molar-refractivity contribution in [3.63, 3.8) is 0 Å². The second kappa shape index (κ2) is 5.75. The van der Waals surface area contributed by atoms with Crippen LogP contribution in [0.2, 0.25) is 0 Å². The highest BCUT2D eigenvalue weighted by atomic mass is 16.6. The van der Waals surface area contributed by atoms with Crippen molar-refractivity contribution in [2.45, 2.75) is 31.3 Å². The lowest BCUT2D eigenvalue weighted by Crippen LogP contribution is -2.46. The first-order valence-corrected chi connectivity index (χ1v) is 11.2. The van der Waals surface area contributed by atoms with Crippen LogP contribution in [-0.2, 0) is 25.5 Å². The molecule has 2 saturated heterocycles. The molecule has 2 fully saturated rings. The number of carbonyl (C=O) groups is 3. The maximum atomic E-state index is 13.6. The Morgan fingerprint density at radius 2 is 1.91 bits per heavy atom. The molecule has 33 heavy (non-hydrogen) atoms. The predicted octanol–water partition coefficient (Wildman–Crippen LogP) is 1.86. The molecule has 0 saturated carbocycles. The minimum Gasteiger partial charge on any atom is -0.507 e. The highest BCUT2D eigenvalue weighted by molar-refractivity contribution is 6.21. The monoisotopic (exact) mass is 447 g/mol. The largest absolute Gasteiger partial charge is 0.507 e. The summed E-state index contributed by atoms with van der Waals surface area (Å²) < 4.78 is 11.2. The van der Waals surface area contributed by atoms with Gasteiger partial charge >= 0.3 is 0 Å². The number of carbonyl (C=O) groups excluding carboxylic acids is 3. The summed E-state index contributed by atoms with van der Waals surface area (Å²) in [5, 5.41) is 21.4. The van der Waals surface area contributed by atoms with E-state index in [9.17, 15) is 24.6 Å². The van der Waals surface area contributed by atoms with Crippen LogP contribution in [0.5, 0.6) is 5.75 Å². The number of amides is 1. The highest BCUT2D eigenvalue weighted by Gasteiger charge is 2.71. The summed E-state index contributed by atoms with van der Waals surface area (Å²) in [5.74, 6) is -2.65. The normalized spacial score (nSPS) is 32.5. The number of primary amides is 1. The number of phenolic OH excluding ortho intramolecular Hbond substituents is 1. The number of ketones is 2. The van der Waals surface area contributed by atoms with Gasteiger partial charge in [0, 0.05) is 23.3 Å². The second-order valence-corrected chi connectivity index (χ2v) is 10.1. The summed E-state index contributed by atoms with van der Waals surface area (Å²) >= 11 is 0. The fourth-order valence-electron chi connectivity index (χ4n) is 6.65. The van der Waals surface area contributed by atoms with Crippen LogP contribution in [0.15, 0.2) is 40.9 Å². The van der Waals surface area contributed by atoms with E-state index in [1.54, 1.807) is 6.07 Å². The van der Waals surface area contributed by atoms with Gasteiger partial charge in [0.25, 0.3) is 5.91 Å². The number of rotatable bonds is 2. The summed E-state index contributed by atoms with van der Waals surface area (Å²) in [4.78, 5) is 37.9. The molecule has 4 aliphatic carbocycles. The third-order valence-electron chi connectivity index (χ3n) is 8.26. The molecule has 3 atom stereocenters. The van der Waals surface area contributed by atoms with Crippen LogP contribution in [0.25, 0.3) is 5.57 Å². The maximum Gasteiger partial charge on any atom is 0.255 e. The van der Waals surface area contributed by atoms with Crippen molar-refractivity contribution in [2.75, 3.05) is 13.2 Å². The van der Waals surface area contributed by atoms with Crippen LogP contribution < -0.4 is 5.73 Å². The topological polar surface area (TPSA) is 139 Å². The molecular formula is C25H21NO7. The van der Waals surface area contributed by atoms with E-state index < -0.39 is 28.6 Å². The molecule has 6 aliphatic rings. The van der Waals surface area contributed by atoms with Crippen molar-refractivity contribution in [3.8, 4) is 5.75 Å². The molecule has 0 radical (unpaired) electrons. The molecule has 0 bridgehead atoms. The van der Waals surface area contributed by atoms with Crippen LogP contribution in [0.4, 0.5) is 0 Å². The van der Waals surface area contributed by atoms with Gasteiger partial charge in [0.2, 0.25) is 5.60 Å². The van der Waals surface area contributed by atoms with Gasteiger partial charge in [-0.3, -0.25) is 14.4 Å². The third-order valence-corrected chi connectivity index (χ3v) is 8.26.